The Hall–Kier alpha value is -1.06. The SMILES string of the molecule is CCCNC(=O)CN=C(NCC)N1CC(C)C(C(=O)OC)C1.I. The van der Waals surface area contributed by atoms with Gasteiger partial charge in [0.25, 0.3) is 0 Å². The fraction of sp³-hybridized carbons (Fsp3) is 0.800. The number of methoxy groups -OCH3 is 1. The fourth-order valence-electron chi connectivity index (χ4n) is 2.49. The summed E-state index contributed by atoms with van der Waals surface area (Å²) in [6.45, 7) is 8.77. The predicted molar refractivity (Wildman–Crippen MR) is 101 cm³/mol. The van der Waals surface area contributed by atoms with Crippen molar-refractivity contribution in [2.24, 2.45) is 16.8 Å². The highest BCUT2D eigenvalue weighted by atomic mass is 127. The van der Waals surface area contributed by atoms with Gasteiger partial charge in [-0.1, -0.05) is 13.8 Å². The lowest BCUT2D eigenvalue weighted by Gasteiger charge is -2.21. The highest BCUT2D eigenvalue weighted by molar-refractivity contribution is 14.0. The molecule has 2 N–H and O–H groups in total. The summed E-state index contributed by atoms with van der Waals surface area (Å²) >= 11 is 0. The van der Waals surface area contributed by atoms with Crippen LogP contribution in [0, 0.1) is 11.8 Å². The number of ether oxygens (including phenoxy) is 1. The first-order valence-corrected chi connectivity index (χ1v) is 7.91. The Morgan fingerprint density at radius 2 is 1.96 bits per heavy atom. The van der Waals surface area contributed by atoms with Crippen molar-refractivity contribution in [3.8, 4) is 0 Å². The molecule has 23 heavy (non-hydrogen) atoms. The van der Waals surface area contributed by atoms with Crippen molar-refractivity contribution < 1.29 is 14.3 Å². The van der Waals surface area contributed by atoms with Crippen molar-refractivity contribution >= 4 is 41.8 Å². The molecular formula is C15H29IN4O3. The lowest BCUT2D eigenvalue weighted by atomic mass is 9.99. The van der Waals surface area contributed by atoms with Gasteiger partial charge in [0.1, 0.15) is 6.54 Å². The molecule has 2 atom stereocenters. The summed E-state index contributed by atoms with van der Waals surface area (Å²) in [5, 5.41) is 5.98. The third kappa shape index (κ3) is 6.92. The maximum absolute atomic E-state index is 11.8. The number of esters is 1. The third-order valence-corrected chi connectivity index (χ3v) is 3.70. The van der Waals surface area contributed by atoms with E-state index in [1.807, 2.05) is 25.7 Å². The summed E-state index contributed by atoms with van der Waals surface area (Å²) < 4.78 is 4.85. The maximum Gasteiger partial charge on any atom is 0.310 e. The molecule has 0 radical (unpaired) electrons. The van der Waals surface area contributed by atoms with Crippen LogP contribution in [0.1, 0.15) is 27.2 Å². The van der Waals surface area contributed by atoms with Gasteiger partial charge in [-0.2, -0.15) is 0 Å². The van der Waals surface area contributed by atoms with Gasteiger partial charge in [0, 0.05) is 26.2 Å². The molecule has 0 aliphatic carbocycles. The number of carbonyl (C=O) groups is 2. The Balaban J connectivity index is 0.00000484. The van der Waals surface area contributed by atoms with Gasteiger partial charge in [-0.15, -0.1) is 24.0 Å². The Morgan fingerprint density at radius 1 is 1.26 bits per heavy atom. The summed E-state index contributed by atoms with van der Waals surface area (Å²) in [5.41, 5.74) is 0. The van der Waals surface area contributed by atoms with Gasteiger partial charge in [0.15, 0.2) is 5.96 Å². The fourth-order valence-corrected chi connectivity index (χ4v) is 2.49. The number of guanidine groups is 1. The largest absolute Gasteiger partial charge is 0.469 e. The number of aliphatic imine (C=N–C) groups is 1. The van der Waals surface area contributed by atoms with E-state index in [1.54, 1.807) is 0 Å². The van der Waals surface area contributed by atoms with Crippen LogP contribution in [-0.4, -0.2) is 62.6 Å². The molecule has 1 aliphatic heterocycles. The smallest absolute Gasteiger partial charge is 0.310 e. The maximum atomic E-state index is 11.8. The zero-order chi connectivity index (χ0) is 16.5. The predicted octanol–water partition coefficient (Wildman–Crippen LogP) is 0.837. The van der Waals surface area contributed by atoms with E-state index in [4.69, 9.17) is 4.74 Å². The first kappa shape index (κ1) is 21.9. The van der Waals surface area contributed by atoms with E-state index in [9.17, 15) is 9.59 Å². The standard InChI is InChI=1S/C15H28N4O3.HI/c1-5-7-17-13(20)8-18-15(16-6-2)19-9-11(3)12(10-19)14(21)22-4;/h11-12H,5-10H2,1-4H3,(H,16,18)(H,17,20);1H. The second kappa shape index (κ2) is 11.5. The van der Waals surface area contributed by atoms with Crippen LogP contribution < -0.4 is 10.6 Å². The first-order valence-electron chi connectivity index (χ1n) is 7.91. The number of hydrogen-bond acceptors (Lipinski definition) is 4. The Labute approximate surface area is 155 Å². The minimum atomic E-state index is -0.188. The second-order valence-electron chi connectivity index (χ2n) is 5.53. The van der Waals surface area contributed by atoms with Gasteiger partial charge in [-0.05, 0) is 19.3 Å². The average Bonchev–Trinajstić information content (AvgIpc) is 2.90. The monoisotopic (exact) mass is 440 g/mol. The van der Waals surface area contributed by atoms with Crippen LogP contribution in [-0.2, 0) is 14.3 Å². The number of hydrogen-bond donors (Lipinski definition) is 2. The topological polar surface area (TPSA) is 83.0 Å². The van der Waals surface area contributed by atoms with Gasteiger partial charge < -0.3 is 20.3 Å². The van der Waals surface area contributed by atoms with Gasteiger partial charge >= 0.3 is 5.97 Å². The second-order valence-corrected chi connectivity index (χ2v) is 5.53. The highest BCUT2D eigenvalue weighted by Gasteiger charge is 2.36. The molecule has 2 unspecified atom stereocenters. The normalized spacial score (nSPS) is 20.7. The number of halogens is 1. The Bertz CT molecular complexity index is 418. The third-order valence-electron chi connectivity index (χ3n) is 3.70. The Morgan fingerprint density at radius 3 is 2.52 bits per heavy atom. The molecule has 0 aromatic rings. The lowest BCUT2D eigenvalue weighted by molar-refractivity contribution is -0.146. The zero-order valence-corrected chi connectivity index (χ0v) is 16.8. The molecule has 0 spiro atoms. The molecule has 1 amide bonds. The van der Waals surface area contributed by atoms with E-state index in [1.165, 1.54) is 7.11 Å². The van der Waals surface area contributed by atoms with E-state index in [2.05, 4.69) is 15.6 Å². The van der Waals surface area contributed by atoms with Crippen molar-refractivity contribution in [2.45, 2.75) is 27.2 Å². The molecule has 1 heterocycles. The number of nitrogens with one attached hydrogen (secondary N) is 2. The van der Waals surface area contributed by atoms with E-state index < -0.39 is 0 Å². The average molecular weight is 440 g/mol. The highest BCUT2D eigenvalue weighted by Crippen LogP contribution is 2.24. The van der Waals surface area contributed by atoms with Crippen molar-refractivity contribution in [2.75, 3.05) is 39.8 Å². The molecule has 1 aliphatic rings. The lowest BCUT2D eigenvalue weighted by Crippen LogP contribution is -2.41. The Kier molecular flexibility index (Phi) is 10.9. The number of amides is 1. The molecule has 1 saturated heterocycles. The van der Waals surface area contributed by atoms with Crippen LogP contribution in [0.3, 0.4) is 0 Å². The van der Waals surface area contributed by atoms with Crippen LogP contribution >= 0.6 is 24.0 Å². The molecule has 1 rings (SSSR count). The van der Waals surface area contributed by atoms with E-state index in [0.29, 0.717) is 25.6 Å². The molecule has 1 fully saturated rings. The van der Waals surface area contributed by atoms with E-state index in [0.717, 1.165) is 13.0 Å². The molecule has 7 nitrogen and oxygen atoms in total. The zero-order valence-electron chi connectivity index (χ0n) is 14.4. The van der Waals surface area contributed by atoms with Crippen LogP contribution in [0.15, 0.2) is 4.99 Å². The molecule has 8 heteroatoms. The number of carbonyl (C=O) groups excluding carboxylic acids is 2. The summed E-state index contributed by atoms with van der Waals surface area (Å²) in [5.74, 6) is 0.445. The van der Waals surface area contributed by atoms with Gasteiger partial charge in [-0.25, -0.2) is 4.99 Å². The van der Waals surface area contributed by atoms with E-state index >= 15 is 0 Å². The van der Waals surface area contributed by atoms with Crippen LogP contribution in [0.4, 0.5) is 0 Å². The van der Waals surface area contributed by atoms with E-state index in [-0.39, 0.29) is 54.2 Å². The number of nitrogens with zero attached hydrogens (tertiary/aromatic N) is 2. The van der Waals surface area contributed by atoms with Crippen molar-refractivity contribution in [1.29, 1.82) is 0 Å². The van der Waals surface area contributed by atoms with Crippen molar-refractivity contribution in [3.05, 3.63) is 0 Å². The number of likely N-dealkylation sites (tertiary alicyclic amines) is 1. The van der Waals surface area contributed by atoms with Crippen molar-refractivity contribution in [3.63, 3.8) is 0 Å². The quantitative estimate of drug-likeness (QED) is 0.277. The van der Waals surface area contributed by atoms with Crippen molar-refractivity contribution in [1.82, 2.24) is 15.5 Å². The molecule has 0 aromatic heterocycles. The number of rotatable bonds is 6. The summed E-state index contributed by atoms with van der Waals surface area (Å²) in [7, 11) is 1.41. The van der Waals surface area contributed by atoms with Gasteiger partial charge in [0.2, 0.25) is 5.91 Å². The summed E-state index contributed by atoms with van der Waals surface area (Å²) in [6.07, 6.45) is 0.903. The minimum Gasteiger partial charge on any atom is -0.469 e. The van der Waals surface area contributed by atoms with Crippen LogP contribution in [0.25, 0.3) is 0 Å². The molecule has 0 saturated carbocycles. The first-order chi connectivity index (χ1) is 10.5. The summed E-state index contributed by atoms with van der Waals surface area (Å²) in [4.78, 5) is 29.8. The minimum absolute atomic E-state index is 0. The van der Waals surface area contributed by atoms with Gasteiger partial charge in [0.05, 0.1) is 13.0 Å². The van der Waals surface area contributed by atoms with Gasteiger partial charge in [-0.3, -0.25) is 9.59 Å². The molecule has 134 valence electrons. The molecule has 0 bridgehead atoms. The van der Waals surface area contributed by atoms with Crippen LogP contribution in [0.2, 0.25) is 0 Å². The molecular weight excluding hydrogens is 411 g/mol. The summed E-state index contributed by atoms with van der Waals surface area (Å²) in [6, 6.07) is 0. The van der Waals surface area contributed by atoms with Crippen LogP contribution in [0.5, 0.6) is 0 Å². The molecule has 0 aromatic carbocycles.